The molecule has 6 atom stereocenters. The third kappa shape index (κ3) is 3.42. The molecule has 10 nitrogen and oxygen atoms in total. The van der Waals surface area contributed by atoms with Gasteiger partial charge in [0.1, 0.15) is 17.4 Å². The molecule has 4 rings (SSSR count). The number of nitrogens with zero attached hydrogens (tertiary/aromatic N) is 1. The molecule has 0 aromatic heterocycles. The van der Waals surface area contributed by atoms with Gasteiger partial charge in [0.2, 0.25) is 11.7 Å². The Labute approximate surface area is 203 Å². The van der Waals surface area contributed by atoms with Crippen molar-refractivity contribution in [3.05, 3.63) is 33.9 Å². The standard InChI is InChI=1S/C25H33N3O7/c1-4-5-10-6-12(9-26)19(29)16-13(10)7-11-8-14-18(28(2)3)21(31)17(24(27)34)23(33)25(14,35)22(32)15(11)20(16)30/h6,11,14,17-18,21,29-31,35H,4-5,7-9,26H2,1-3H3,(H2,27,34)/t11-,14-,17?,18-,21?,25-/m0/s1. The molecule has 1 amide bonds. The molecule has 0 bridgehead atoms. The number of carbonyl (C=O) groups is 3. The summed E-state index contributed by atoms with van der Waals surface area (Å²) in [6.07, 6.45) is 0.370. The second kappa shape index (κ2) is 8.70. The molecule has 2 unspecified atom stereocenters. The topological polar surface area (TPSA) is 187 Å². The molecular weight excluding hydrogens is 454 g/mol. The average Bonchev–Trinajstić information content (AvgIpc) is 2.77. The Morgan fingerprint density at radius 2 is 1.89 bits per heavy atom. The number of aliphatic hydroxyl groups excluding tert-OH is 2. The van der Waals surface area contributed by atoms with Crippen molar-refractivity contribution >= 4 is 23.2 Å². The van der Waals surface area contributed by atoms with E-state index in [9.17, 15) is 34.8 Å². The molecule has 0 heterocycles. The highest BCUT2D eigenvalue weighted by molar-refractivity contribution is 6.25. The smallest absolute Gasteiger partial charge is 0.230 e. The van der Waals surface area contributed by atoms with E-state index in [1.54, 1.807) is 19.0 Å². The monoisotopic (exact) mass is 487 g/mol. The molecule has 0 radical (unpaired) electrons. The predicted molar refractivity (Wildman–Crippen MR) is 126 cm³/mol. The van der Waals surface area contributed by atoms with Crippen LogP contribution in [0.1, 0.15) is 42.0 Å². The van der Waals surface area contributed by atoms with Gasteiger partial charge in [-0.05, 0) is 50.4 Å². The van der Waals surface area contributed by atoms with Gasteiger partial charge < -0.3 is 36.8 Å². The van der Waals surface area contributed by atoms with E-state index in [1.165, 1.54) is 0 Å². The average molecular weight is 488 g/mol. The van der Waals surface area contributed by atoms with Gasteiger partial charge in [0.25, 0.3) is 0 Å². The lowest BCUT2D eigenvalue weighted by molar-refractivity contribution is -0.184. The lowest BCUT2D eigenvalue weighted by atomic mass is 9.54. The Hall–Kier alpha value is -2.79. The Balaban J connectivity index is 1.95. The third-order valence-corrected chi connectivity index (χ3v) is 8.00. The van der Waals surface area contributed by atoms with Crippen molar-refractivity contribution in [2.75, 3.05) is 14.1 Å². The summed E-state index contributed by atoms with van der Waals surface area (Å²) in [4.78, 5) is 40.8. The van der Waals surface area contributed by atoms with Gasteiger partial charge in [-0.25, -0.2) is 0 Å². The fraction of sp³-hybridized carbons (Fsp3) is 0.560. The zero-order valence-corrected chi connectivity index (χ0v) is 20.1. The van der Waals surface area contributed by atoms with E-state index >= 15 is 0 Å². The molecule has 1 aromatic rings. The van der Waals surface area contributed by atoms with Gasteiger partial charge in [-0.2, -0.15) is 0 Å². The van der Waals surface area contributed by atoms with E-state index in [0.29, 0.717) is 24.0 Å². The fourth-order valence-corrected chi connectivity index (χ4v) is 6.46. The van der Waals surface area contributed by atoms with Gasteiger partial charge in [0.15, 0.2) is 11.4 Å². The van der Waals surface area contributed by atoms with Crippen LogP contribution in [0.5, 0.6) is 5.75 Å². The second-order valence-electron chi connectivity index (χ2n) is 10.1. The van der Waals surface area contributed by atoms with Crippen molar-refractivity contribution < 1.29 is 34.8 Å². The number of aliphatic hydroxyl groups is 3. The first-order valence-corrected chi connectivity index (χ1v) is 11.9. The summed E-state index contributed by atoms with van der Waals surface area (Å²) in [5.74, 6) is -7.43. The minimum atomic E-state index is -2.65. The number of benzene rings is 1. The number of likely N-dealkylation sites (N-methyl/N-ethyl adjacent to an activating group) is 1. The van der Waals surface area contributed by atoms with Crippen LogP contribution in [0.4, 0.5) is 0 Å². The number of aryl methyl sites for hydroxylation is 1. The Kier molecular flexibility index (Phi) is 6.29. The normalized spacial score (nSPS) is 32.4. The quantitative estimate of drug-likeness (QED) is 0.299. The zero-order chi connectivity index (χ0) is 26.0. The number of Topliss-reactive ketones (excluding diaryl/α,β-unsaturated/α-hetero) is 2. The molecule has 2 fully saturated rings. The van der Waals surface area contributed by atoms with Crippen molar-refractivity contribution in [1.29, 1.82) is 0 Å². The number of carbonyl (C=O) groups excluding carboxylic acids is 3. The first-order chi connectivity index (χ1) is 16.4. The highest BCUT2D eigenvalue weighted by Crippen LogP contribution is 2.53. The summed E-state index contributed by atoms with van der Waals surface area (Å²) in [7, 11) is 3.24. The number of hydrogen-bond acceptors (Lipinski definition) is 9. The number of primary amides is 1. The number of aromatic hydroxyl groups is 1. The van der Waals surface area contributed by atoms with Crippen molar-refractivity contribution in [1.82, 2.24) is 4.90 Å². The number of phenols is 1. The van der Waals surface area contributed by atoms with E-state index in [2.05, 4.69) is 0 Å². The maximum Gasteiger partial charge on any atom is 0.230 e. The van der Waals surface area contributed by atoms with Gasteiger partial charge in [-0.1, -0.05) is 19.4 Å². The van der Waals surface area contributed by atoms with Gasteiger partial charge >= 0.3 is 0 Å². The van der Waals surface area contributed by atoms with Crippen molar-refractivity contribution in [3.8, 4) is 5.75 Å². The third-order valence-electron chi connectivity index (χ3n) is 8.00. The summed E-state index contributed by atoms with van der Waals surface area (Å²) >= 11 is 0. The lowest BCUT2D eigenvalue weighted by Crippen LogP contribution is -2.73. The summed E-state index contributed by atoms with van der Waals surface area (Å²) < 4.78 is 0. The Morgan fingerprint density at radius 1 is 1.23 bits per heavy atom. The van der Waals surface area contributed by atoms with Crippen LogP contribution in [0.2, 0.25) is 0 Å². The van der Waals surface area contributed by atoms with Crippen LogP contribution in [-0.2, 0) is 33.8 Å². The molecule has 3 aliphatic carbocycles. The van der Waals surface area contributed by atoms with Gasteiger partial charge in [-0.15, -0.1) is 0 Å². The Morgan fingerprint density at radius 3 is 2.43 bits per heavy atom. The second-order valence-corrected chi connectivity index (χ2v) is 10.1. The summed E-state index contributed by atoms with van der Waals surface area (Å²) in [5.41, 5.74) is 10.5. The molecule has 1 aromatic carbocycles. The van der Waals surface area contributed by atoms with Crippen LogP contribution < -0.4 is 11.5 Å². The molecule has 2 saturated carbocycles. The fourth-order valence-electron chi connectivity index (χ4n) is 6.46. The predicted octanol–water partition coefficient (Wildman–Crippen LogP) is -0.460. The van der Waals surface area contributed by atoms with E-state index in [4.69, 9.17) is 11.5 Å². The minimum absolute atomic E-state index is 0.0169. The summed E-state index contributed by atoms with van der Waals surface area (Å²) in [6.45, 7) is 2.02. The van der Waals surface area contributed by atoms with Crippen LogP contribution in [0, 0.1) is 17.8 Å². The zero-order valence-electron chi connectivity index (χ0n) is 20.1. The first-order valence-electron chi connectivity index (χ1n) is 11.9. The minimum Gasteiger partial charge on any atom is -0.507 e. The number of hydrogen-bond donors (Lipinski definition) is 6. The van der Waals surface area contributed by atoms with Crippen LogP contribution in [0.3, 0.4) is 0 Å². The molecule has 190 valence electrons. The number of ketones is 2. The summed E-state index contributed by atoms with van der Waals surface area (Å²) in [5, 5.41) is 44.7. The molecular formula is C25H33N3O7. The van der Waals surface area contributed by atoms with Crippen LogP contribution in [-0.4, -0.2) is 74.6 Å². The largest absolute Gasteiger partial charge is 0.507 e. The maximum atomic E-state index is 13.8. The SMILES string of the molecule is CCCc1cc(CN)c(O)c2c1C[C@H]1C[C@H]3[C@H](N(C)C)C(O)C(C(N)=O)C(=O)[C@@]3(O)C(=O)C1=C2O. The van der Waals surface area contributed by atoms with Gasteiger partial charge in [0, 0.05) is 29.6 Å². The first kappa shape index (κ1) is 25.3. The molecule has 0 aliphatic heterocycles. The number of phenolic OH excluding ortho intramolecular Hbond substituents is 1. The van der Waals surface area contributed by atoms with Crippen molar-refractivity contribution in [3.63, 3.8) is 0 Å². The van der Waals surface area contributed by atoms with Crippen LogP contribution >= 0.6 is 0 Å². The van der Waals surface area contributed by atoms with Crippen molar-refractivity contribution in [2.24, 2.45) is 29.2 Å². The van der Waals surface area contributed by atoms with E-state index in [1.807, 2.05) is 13.0 Å². The van der Waals surface area contributed by atoms with Gasteiger partial charge in [-0.3, -0.25) is 14.4 Å². The molecule has 0 saturated heterocycles. The maximum absolute atomic E-state index is 13.8. The van der Waals surface area contributed by atoms with E-state index in [-0.39, 0.29) is 29.9 Å². The lowest BCUT2D eigenvalue weighted by Gasteiger charge is -2.53. The molecule has 8 N–H and O–H groups in total. The molecule has 0 spiro atoms. The van der Waals surface area contributed by atoms with Crippen LogP contribution in [0.25, 0.3) is 5.76 Å². The number of fused-ring (bicyclic) bond motifs is 3. The molecule has 10 heteroatoms. The van der Waals surface area contributed by atoms with Crippen molar-refractivity contribution in [2.45, 2.75) is 56.9 Å². The number of nitrogens with two attached hydrogens (primary N) is 2. The van der Waals surface area contributed by atoms with Crippen LogP contribution in [0.15, 0.2) is 11.6 Å². The number of amides is 1. The van der Waals surface area contributed by atoms with E-state index < -0.39 is 58.7 Å². The molecule has 3 aliphatic rings. The van der Waals surface area contributed by atoms with Gasteiger partial charge in [0.05, 0.1) is 11.7 Å². The Bertz CT molecular complexity index is 1140. The summed E-state index contributed by atoms with van der Waals surface area (Å²) in [6, 6.07) is 0.901. The van der Waals surface area contributed by atoms with E-state index in [0.717, 1.165) is 12.0 Å². The highest BCUT2D eigenvalue weighted by Gasteiger charge is 2.67. The number of rotatable bonds is 5. The molecule has 35 heavy (non-hydrogen) atoms. The highest BCUT2D eigenvalue weighted by atomic mass is 16.3.